The second-order valence-corrected chi connectivity index (χ2v) is 3.32. The van der Waals surface area contributed by atoms with Gasteiger partial charge in [-0.15, -0.1) is 0 Å². The Morgan fingerprint density at radius 3 is 2.60 bits per heavy atom. The lowest BCUT2D eigenvalue weighted by molar-refractivity contribution is -0.129. The number of carboxylic acids is 1. The molecule has 0 saturated carbocycles. The summed E-state index contributed by atoms with van der Waals surface area (Å²) in [4.78, 5) is 10.4. The Labute approximate surface area is 90.5 Å². The van der Waals surface area contributed by atoms with Gasteiger partial charge in [0.2, 0.25) is 0 Å². The number of hydrogen-bond donors (Lipinski definition) is 2. The minimum absolute atomic E-state index is 0.0920. The van der Waals surface area contributed by atoms with Crippen molar-refractivity contribution in [3.05, 3.63) is 0 Å². The average Bonchev–Trinajstić information content (AvgIpc) is 2.21. The first-order valence-electron chi connectivity index (χ1n) is 5.18. The highest BCUT2D eigenvalue weighted by Crippen LogP contribution is 1.98. The van der Waals surface area contributed by atoms with Crippen LogP contribution in [0.5, 0.6) is 0 Å². The smallest absolute Gasteiger partial charge is 0.351 e. The lowest BCUT2D eigenvalue weighted by atomic mass is 10.2. The van der Waals surface area contributed by atoms with Crippen LogP contribution in [0.3, 0.4) is 0 Å². The lowest BCUT2D eigenvalue weighted by Crippen LogP contribution is -2.16. The second-order valence-electron chi connectivity index (χ2n) is 3.32. The van der Waals surface area contributed by atoms with Crippen molar-refractivity contribution in [3.8, 4) is 0 Å². The molecule has 0 aliphatic heterocycles. The van der Waals surface area contributed by atoms with Gasteiger partial charge in [0, 0.05) is 20.3 Å². The van der Waals surface area contributed by atoms with Gasteiger partial charge in [-0.1, -0.05) is 12.8 Å². The zero-order valence-electron chi connectivity index (χ0n) is 9.45. The third kappa shape index (κ3) is 9.21. The van der Waals surface area contributed by atoms with Crippen molar-refractivity contribution in [1.82, 2.24) is 5.43 Å². The van der Waals surface area contributed by atoms with E-state index in [9.17, 15) is 4.79 Å². The van der Waals surface area contributed by atoms with E-state index in [2.05, 4.69) is 10.5 Å². The summed E-state index contributed by atoms with van der Waals surface area (Å²) in [5, 5.41) is 12.2. The van der Waals surface area contributed by atoms with Gasteiger partial charge in [0.1, 0.15) is 5.71 Å². The average molecular weight is 216 g/mol. The van der Waals surface area contributed by atoms with Crippen molar-refractivity contribution >= 4 is 11.7 Å². The van der Waals surface area contributed by atoms with Crippen molar-refractivity contribution in [2.24, 2.45) is 5.10 Å². The zero-order chi connectivity index (χ0) is 11.5. The van der Waals surface area contributed by atoms with Crippen molar-refractivity contribution < 1.29 is 14.6 Å². The Morgan fingerprint density at radius 1 is 1.33 bits per heavy atom. The third-order valence-corrected chi connectivity index (χ3v) is 1.94. The van der Waals surface area contributed by atoms with Crippen LogP contribution >= 0.6 is 0 Å². The molecule has 0 saturated heterocycles. The summed E-state index contributed by atoms with van der Waals surface area (Å²) in [5.74, 6) is -0.984. The SMILES string of the molecule is COCCCCCCNN=C(C)C(=O)O. The van der Waals surface area contributed by atoms with E-state index < -0.39 is 5.97 Å². The van der Waals surface area contributed by atoms with Crippen LogP contribution in [0.1, 0.15) is 32.6 Å². The molecule has 5 nitrogen and oxygen atoms in total. The van der Waals surface area contributed by atoms with E-state index in [1.165, 1.54) is 6.92 Å². The first kappa shape index (κ1) is 13.9. The topological polar surface area (TPSA) is 70.9 Å². The predicted molar refractivity (Wildman–Crippen MR) is 59.1 cm³/mol. The highest BCUT2D eigenvalue weighted by molar-refractivity contribution is 6.34. The Kier molecular flexibility index (Phi) is 8.76. The Bertz CT molecular complexity index is 205. The molecule has 0 atom stereocenters. The van der Waals surface area contributed by atoms with Crippen LogP contribution < -0.4 is 5.43 Å². The maximum Gasteiger partial charge on any atom is 0.351 e. The summed E-state index contributed by atoms with van der Waals surface area (Å²) >= 11 is 0. The summed E-state index contributed by atoms with van der Waals surface area (Å²) in [6.45, 7) is 3.00. The van der Waals surface area contributed by atoms with Gasteiger partial charge in [-0.2, -0.15) is 5.10 Å². The second kappa shape index (κ2) is 9.45. The maximum absolute atomic E-state index is 10.4. The molecule has 0 fully saturated rings. The number of nitrogens with one attached hydrogen (secondary N) is 1. The molecule has 0 spiro atoms. The van der Waals surface area contributed by atoms with Crippen LogP contribution in [0.4, 0.5) is 0 Å². The monoisotopic (exact) mass is 216 g/mol. The normalized spacial score (nSPS) is 11.5. The van der Waals surface area contributed by atoms with E-state index in [0.29, 0.717) is 0 Å². The van der Waals surface area contributed by atoms with Crippen LogP contribution in [-0.2, 0) is 9.53 Å². The molecular formula is C10H20N2O3. The fourth-order valence-corrected chi connectivity index (χ4v) is 1.03. The molecule has 0 bridgehead atoms. The van der Waals surface area contributed by atoms with Gasteiger partial charge in [-0.3, -0.25) is 0 Å². The van der Waals surface area contributed by atoms with Crippen molar-refractivity contribution in [2.45, 2.75) is 32.6 Å². The van der Waals surface area contributed by atoms with Gasteiger partial charge in [-0.05, 0) is 19.8 Å². The third-order valence-electron chi connectivity index (χ3n) is 1.94. The fourth-order valence-electron chi connectivity index (χ4n) is 1.03. The molecule has 0 aromatic heterocycles. The van der Waals surface area contributed by atoms with Gasteiger partial charge in [0.05, 0.1) is 0 Å². The molecule has 0 aliphatic carbocycles. The van der Waals surface area contributed by atoms with Gasteiger partial charge in [-0.25, -0.2) is 4.79 Å². The number of unbranched alkanes of at least 4 members (excludes halogenated alkanes) is 3. The molecule has 0 unspecified atom stereocenters. The Balaban J connectivity index is 3.25. The summed E-state index contributed by atoms with van der Waals surface area (Å²) in [7, 11) is 1.70. The minimum atomic E-state index is -0.984. The number of hydrazone groups is 1. The first-order chi connectivity index (χ1) is 7.18. The fraction of sp³-hybridized carbons (Fsp3) is 0.800. The number of carboxylic acid groups (broad SMARTS) is 1. The molecule has 0 rings (SSSR count). The summed E-state index contributed by atoms with van der Waals surface area (Å²) < 4.78 is 4.92. The number of hydrogen-bond acceptors (Lipinski definition) is 4. The van der Waals surface area contributed by atoms with Gasteiger partial charge < -0.3 is 15.3 Å². The standard InChI is InChI=1S/C10H20N2O3/c1-9(10(13)14)12-11-7-5-3-4-6-8-15-2/h11H,3-8H2,1-2H3,(H,13,14). The van der Waals surface area contributed by atoms with E-state index in [1.54, 1.807) is 7.11 Å². The number of ether oxygens (including phenoxy) is 1. The molecule has 0 radical (unpaired) electrons. The molecular weight excluding hydrogens is 196 g/mol. The predicted octanol–water partition coefficient (Wildman–Crippen LogP) is 1.24. The minimum Gasteiger partial charge on any atom is -0.477 e. The van der Waals surface area contributed by atoms with Gasteiger partial charge in [0.25, 0.3) is 0 Å². The number of nitrogens with zero attached hydrogens (tertiary/aromatic N) is 1. The van der Waals surface area contributed by atoms with E-state index in [1.807, 2.05) is 0 Å². The van der Waals surface area contributed by atoms with Crippen molar-refractivity contribution in [1.29, 1.82) is 0 Å². The highest BCUT2D eigenvalue weighted by Gasteiger charge is 1.99. The van der Waals surface area contributed by atoms with Crippen LogP contribution in [-0.4, -0.2) is 37.0 Å². The molecule has 5 heteroatoms. The van der Waals surface area contributed by atoms with Gasteiger partial charge >= 0.3 is 5.97 Å². The molecule has 0 aromatic carbocycles. The Morgan fingerprint density at radius 2 is 2.00 bits per heavy atom. The lowest BCUT2D eigenvalue weighted by Gasteiger charge is -2.01. The molecule has 88 valence electrons. The van der Waals surface area contributed by atoms with E-state index in [-0.39, 0.29) is 5.71 Å². The maximum atomic E-state index is 10.4. The summed E-state index contributed by atoms with van der Waals surface area (Å²) in [6.07, 6.45) is 4.32. The quantitative estimate of drug-likeness (QED) is 0.345. The van der Waals surface area contributed by atoms with E-state index >= 15 is 0 Å². The van der Waals surface area contributed by atoms with Crippen LogP contribution in [0, 0.1) is 0 Å². The molecule has 0 heterocycles. The molecule has 15 heavy (non-hydrogen) atoms. The van der Waals surface area contributed by atoms with E-state index in [4.69, 9.17) is 9.84 Å². The molecule has 2 N–H and O–H groups in total. The number of carbonyl (C=O) groups is 1. The number of methoxy groups -OCH3 is 1. The van der Waals surface area contributed by atoms with Gasteiger partial charge in [0.15, 0.2) is 0 Å². The van der Waals surface area contributed by atoms with Crippen LogP contribution in [0.15, 0.2) is 5.10 Å². The Hall–Kier alpha value is -1.10. The van der Waals surface area contributed by atoms with Crippen LogP contribution in [0.2, 0.25) is 0 Å². The van der Waals surface area contributed by atoms with Crippen molar-refractivity contribution in [3.63, 3.8) is 0 Å². The zero-order valence-corrected chi connectivity index (χ0v) is 9.45. The number of aliphatic carboxylic acids is 1. The van der Waals surface area contributed by atoms with Crippen LogP contribution in [0.25, 0.3) is 0 Å². The van der Waals surface area contributed by atoms with Crippen molar-refractivity contribution in [2.75, 3.05) is 20.3 Å². The molecule has 0 aliphatic rings. The largest absolute Gasteiger partial charge is 0.477 e. The first-order valence-corrected chi connectivity index (χ1v) is 5.18. The highest BCUT2D eigenvalue weighted by atomic mass is 16.5. The molecule has 0 amide bonds. The summed E-state index contributed by atoms with van der Waals surface area (Å²) in [5.41, 5.74) is 2.83. The molecule has 0 aromatic rings. The van der Waals surface area contributed by atoms with E-state index in [0.717, 1.165) is 38.8 Å². The summed E-state index contributed by atoms with van der Waals surface area (Å²) in [6, 6.07) is 0. The number of rotatable bonds is 9.